The molecule has 2 atom stereocenters. The van der Waals surface area contributed by atoms with Gasteiger partial charge in [-0.3, -0.25) is 0 Å². The first-order valence-electron chi connectivity index (χ1n) is 5.28. The summed E-state index contributed by atoms with van der Waals surface area (Å²) in [5.41, 5.74) is 4.65. The quantitative estimate of drug-likeness (QED) is 0.757. The second-order valence-corrected chi connectivity index (χ2v) is 5.06. The standard InChI is InChI=1S/C12H13F4N/c1-11(2)9(10(11)17)7-5-6(12(14,15)16)3-4-8(7)13/h3-5,9-10H,17H2,1-2H3/t9-,10-/m0/s1. The van der Waals surface area contributed by atoms with Crippen LogP contribution in [0.15, 0.2) is 18.2 Å². The molecule has 0 aromatic heterocycles. The van der Waals surface area contributed by atoms with E-state index in [-0.39, 0.29) is 22.9 Å². The van der Waals surface area contributed by atoms with Crippen molar-refractivity contribution in [3.63, 3.8) is 0 Å². The fourth-order valence-corrected chi connectivity index (χ4v) is 2.23. The topological polar surface area (TPSA) is 26.0 Å². The number of hydrogen-bond acceptors (Lipinski definition) is 1. The molecule has 0 unspecified atom stereocenters. The van der Waals surface area contributed by atoms with Gasteiger partial charge in [-0.25, -0.2) is 4.39 Å². The summed E-state index contributed by atoms with van der Waals surface area (Å²) in [5.74, 6) is -0.964. The predicted octanol–water partition coefficient (Wildman–Crippen LogP) is 3.30. The molecule has 1 fully saturated rings. The lowest BCUT2D eigenvalue weighted by Crippen LogP contribution is -2.08. The zero-order chi connectivity index (χ0) is 13.0. The molecule has 1 aliphatic rings. The Kier molecular flexibility index (Phi) is 2.51. The van der Waals surface area contributed by atoms with Crippen molar-refractivity contribution >= 4 is 0 Å². The van der Waals surface area contributed by atoms with Crippen LogP contribution in [0, 0.1) is 11.2 Å². The molecular formula is C12H13F4N. The van der Waals surface area contributed by atoms with Gasteiger partial charge in [0.05, 0.1) is 5.56 Å². The van der Waals surface area contributed by atoms with Crippen LogP contribution in [-0.4, -0.2) is 6.04 Å². The Hall–Kier alpha value is -1.10. The van der Waals surface area contributed by atoms with Gasteiger partial charge < -0.3 is 5.73 Å². The first kappa shape index (κ1) is 12.4. The minimum Gasteiger partial charge on any atom is -0.327 e. The van der Waals surface area contributed by atoms with Crippen molar-refractivity contribution in [3.8, 4) is 0 Å². The predicted molar refractivity (Wildman–Crippen MR) is 55.9 cm³/mol. The molecule has 1 saturated carbocycles. The smallest absolute Gasteiger partial charge is 0.327 e. The molecule has 17 heavy (non-hydrogen) atoms. The van der Waals surface area contributed by atoms with Gasteiger partial charge in [-0.2, -0.15) is 13.2 Å². The SMILES string of the molecule is CC1(C)[C@@H](N)[C@@H]1c1cc(C(F)(F)F)ccc1F. The van der Waals surface area contributed by atoms with Gasteiger partial charge >= 0.3 is 6.18 Å². The monoisotopic (exact) mass is 247 g/mol. The second kappa shape index (κ2) is 3.45. The van der Waals surface area contributed by atoms with Crippen LogP contribution in [0.25, 0.3) is 0 Å². The van der Waals surface area contributed by atoms with E-state index >= 15 is 0 Å². The molecule has 2 rings (SSSR count). The van der Waals surface area contributed by atoms with Gasteiger partial charge in [-0.1, -0.05) is 13.8 Å². The van der Waals surface area contributed by atoms with Crippen molar-refractivity contribution in [1.29, 1.82) is 0 Å². The fraction of sp³-hybridized carbons (Fsp3) is 0.500. The van der Waals surface area contributed by atoms with Gasteiger partial charge in [0.2, 0.25) is 0 Å². The molecule has 1 aromatic carbocycles. The molecule has 94 valence electrons. The van der Waals surface area contributed by atoms with E-state index in [2.05, 4.69) is 0 Å². The third kappa shape index (κ3) is 1.92. The van der Waals surface area contributed by atoms with Crippen LogP contribution in [0.4, 0.5) is 17.6 Å². The van der Waals surface area contributed by atoms with Crippen LogP contribution in [0.1, 0.15) is 30.9 Å². The first-order chi connectivity index (χ1) is 7.65. The van der Waals surface area contributed by atoms with Crippen LogP contribution in [0.3, 0.4) is 0 Å². The Morgan fingerprint density at radius 2 is 1.76 bits per heavy atom. The van der Waals surface area contributed by atoms with Gasteiger partial charge in [-0.05, 0) is 29.2 Å². The Balaban J connectivity index is 2.42. The molecule has 0 radical (unpaired) electrons. The minimum atomic E-state index is -4.45. The van der Waals surface area contributed by atoms with Gasteiger partial charge in [0, 0.05) is 12.0 Å². The molecule has 0 spiro atoms. The third-order valence-corrected chi connectivity index (χ3v) is 3.57. The number of rotatable bonds is 1. The van der Waals surface area contributed by atoms with Crippen LogP contribution in [0.2, 0.25) is 0 Å². The number of nitrogens with two attached hydrogens (primary N) is 1. The highest BCUT2D eigenvalue weighted by atomic mass is 19.4. The molecule has 0 heterocycles. The van der Waals surface area contributed by atoms with Crippen LogP contribution >= 0.6 is 0 Å². The summed E-state index contributed by atoms with van der Waals surface area (Å²) in [6, 6.07) is 2.19. The van der Waals surface area contributed by atoms with Crippen molar-refractivity contribution in [2.24, 2.45) is 11.1 Å². The van der Waals surface area contributed by atoms with Crippen molar-refractivity contribution in [2.75, 3.05) is 0 Å². The highest BCUT2D eigenvalue weighted by Crippen LogP contribution is 2.58. The Bertz CT molecular complexity index is 450. The summed E-state index contributed by atoms with van der Waals surface area (Å²) in [5, 5.41) is 0. The van der Waals surface area contributed by atoms with Crippen LogP contribution in [0.5, 0.6) is 0 Å². The molecule has 2 N–H and O–H groups in total. The summed E-state index contributed by atoms with van der Waals surface area (Å²) < 4.78 is 51.1. The molecule has 0 aliphatic heterocycles. The summed E-state index contributed by atoms with van der Waals surface area (Å²) in [4.78, 5) is 0. The van der Waals surface area contributed by atoms with E-state index in [0.717, 1.165) is 18.2 Å². The Morgan fingerprint density at radius 3 is 2.18 bits per heavy atom. The minimum absolute atomic E-state index is 0.0670. The summed E-state index contributed by atoms with van der Waals surface area (Å²) in [6.07, 6.45) is -4.45. The number of hydrogen-bond donors (Lipinski definition) is 1. The average Bonchev–Trinajstić information content (AvgIpc) is 2.66. The lowest BCUT2D eigenvalue weighted by Gasteiger charge is -2.10. The van der Waals surface area contributed by atoms with Crippen LogP contribution < -0.4 is 5.73 Å². The molecule has 0 bridgehead atoms. The molecule has 0 saturated heterocycles. The third-order valence-electron chi connectivity index (χ3n) is 3.57. The number of alkyl halides is 3. The lowest BCUT2D eigenvalue weighted by atomic mass is 10.0. The second-order valence-electron chi connectivity index (χ2n) is 5.06. The largest absolute Gasteiger partial charge is 0.416 e. The molecular weight excluding hydrogens is 234 g/mol. The van der Waals surface area contributed by atoms with Crippen molar-refractivity contribution in [1.82, 2.24) is 0 Å². The fourth-order valence-electron chi connectivity index (χ4n) is 2.23. The van der Waals surface area contributed by atoms with E-state index in [4.69, 9.17) is 5.73 Å². The van der Waals surface area contributed by atoms with E-state index in [9.17, 15) is 17.6 Å². The van der Waals surface area contributed by atoms with Crippen molar-refractivity contribution in [3.05, 3.63) is 35.1 Å². The first-order valence-corrected chi connectivity index (χ1v) is 5.28. The molecule has 0 amide bonds. The van der Waals surface area contributed by atoms with Crippen molar-refractivity contribution < 1.29 is 17.6 Å². The summed E-state index contributed by atoms with van der Waals surface area (Å²) in [6.45, 7) is 3.64. The maximum Gasteiger partial charge on any atom is 0.416 e. The molecule has 5 heteroatoms. The zero-order valence-electron chi connectivity index (χ0n) is 9.48. The highest BCUT2D eigenvalue weighted by molar-refractivity contribution is 5.38. The highest BCUT2D eigenvalue weighted by Gasteiger charge is 2.57. The maximum absolute atomic E-state index is 13.5. The van der Waals surface area contributed by atoms with E-state index in [0.29, 0.717) is 0 Å². The lowest BCUT2D eigenvalue weighted by molar-refractivity contribution is -0.137. The van der Waals surface area contributed by atoms with Gasteiger partial charge in [0.1, 0.15) is 5.82 Å². The van der Waals surface area contributed by atoms with Gasteiger partial charge in [0.25, 0.3) is 0 Å². The maximum atomic E-state index is 13.5. The normalized spacial score (nSPS) is 27.0. The Labute approximate surface area is 96.6 Å². The molecule has 1 aliphatic carbocycles. The Morgan fingerprint density at radius 1 is 1.24 bits per heavy atom. The van der Waals surface area contributed by atoms with E-state index in [1.807, 2.05) is 13.8 Å². The average molecular weight is 247 g/mol. The van der Waals surface area contributed by atoms with Crippen LogP contribution in [-0.2, 0) is 6.18 Å². The van der Waals surface area contributed by atoms with E-state index < -0.39 is 17.6 Å². The zero-order valence-corrected chi connectivity index (χ0v) is 9.48. The summed E-state index contributed by atoms with van der Waals surface area (Å²) in [7, 11) is 0. The van der Waals surface area contributed by atoms with Gasteiger partial charge in [-0.15, -0.1) is 0 Å². The van der Waals surface area contributed by atoms with E-state index in [1.165, 1.54) is 0 Å². The molecule has 1 aromatic rings. The summed E-state index contributed by atoms with van der Waals surface area (Å²) >= 11 is 0. The number of halogens is 4. The molecule has 1 nitrogen and oxygen atoms in total. The van der Waals surface area contributed by atoms with E-state index in [1.54, 1.807) is 0 Å². The van der Waals surface area contributed by atoms with Gasteiger partial charge in [0.15, 0.2) is 0 Å². The number of benzene rings is 1. The van der Waals surface area contributed by atoms with Crippen molar-refractivity contribution in [2.45, 2.75) is 32.0 Å².